The first-order chi connectivity index (χ1) is 12.5. The van der Waals surface area contributed by atoms with Gasteiger partial charge < -0.3 is 9.64 Å². The van der Waals surface area contributed by atoms with Crippen LogP contribution in [0.15, 0.2) is 22.7 Å². The van der Waals surface area contributed by atoms with Gasteiger partial charge in [-0.2, -0.15) is 5.10 Å². The van der Waals surface area contributed by atoms with Crippen LogP contribution < -0.4 is 0 Å². The van der Waals surface area contributed by atoms with Crippen LogP contribution in [-0.2, 0) is 20.9 Å². The number of hydrogen-bond acceptors (Lipinski definition) is 4. The molecule has 1 atom stereocenters. The first kappa shape index (κ1) is 18.9. The van der Waals surface area contributed by atoms with E-state index in [1.165, 1.54) is 0 Å². The van der Waals surface area contributed by atoms with E-state index in [2.05, 4.69) is 15.9 Å². The van der Waals surface area contributed by atoms with E-state index in [0.717, 1.165) is 53.4 Å². The Labute approximate surface area is 161 Å². The molecule has 1 aromatic carbocycles. The quantitative estimate of drug-likeness (QED) is 0.708. The van der Waals surface area contributed by atoms with Gasteiger partial charge in [0, 0.05) is 35.8 Å². The summed E-state index contributed by atoms with van der Waals surface area (Å²) < 4.78 is 7.80. The van der Waals surface area contributed by atoms with Gasteiger partial charge in [0.05, 0.1) is 17.8 Å². The van der Waals surface area contributed by atoms with Gasteiger partial charge in [-0.05, 0) is 38.3 Å². The van der Waals surface area contributed by atoms with Crippen LogP contribution in [0, 0.1) is 0 Å². The Hall–Kier alpha value is -1.89. The fraction of sp³-hybridized carbons (Fsp3) is 0.526. The molecule has 1 fully saturated rings. The van der Waals surface area contributed by atoms with Crippen molar-refractivity contribution in [3.8, 4) is 0 Å². The summed E-state index contributed by atoms with van der Waals surface area (Å²) in [5.41, 5.74) is 1.93. The largest absolute Gasteiger partial charge is 0.465 e. The number of aromatic nitrogens is 2. The highest BCUT2D eigenvalue weighted by atomic mass is 79.9. The highest BCUT2D eigenvalue weighted by molar-refractivity contribution is 9.10. The van der Waals surface area contributed by atoms with E-state index < -0.39 is 0 Å². The van der Waals surface area contributed by atoms with Crippen LogP contribution in [0.2, 0.25) is 0 Å². The lowest BCUT2D eigenvalue weighted by atomic mass is 9.94. The number of nitrogens with zero attached hydrogens (tertiary/aromatic N) is 3. The summed E-state index contributed by atoms with van der Waals surface area (Å²) in [5, 5.41) is 5.84. The van der Waals surface area contributed by atoms with Crippen molar-refractivity contribution < 1.29 is 14.3 Å². The SMILES string of the molecule is CCOC(=O)Cn1nc(C2CCCN(C(C)=O)CC2)c2c(Br)cccc21. The van der Waals surface area contributed by atoms with Crippen molar-refractivity contribution in [3.05, 3.63) is 28.4 Å². The summed E-state index contributed by atoms with van der Waals surface area (Å²) in [7, 11) is 0. The lowest BCUT2D eigenvalue weighted by Gasteiger charge is -2.18. The van der Waals surface area contributed by atoms with E-state index in [4.69, 9.17) is 9.84 Å². The summed E-state index contributed by atoms with van der Waals surface area (Å²) in [6.45, 7) is 5.43. The van der Waals surface area contributed by atoms with Crippen LogP contribution in [0.3, 0.4) is 0 Å². The average molecular weight is 422 g/mol. The molecule has 0 radical (unpaired) electrons. The Morgan fingerprint density at radius 1 is 1.31 bits per heavy atom. The van der Waals surface area contributed by atoms with Crippen LogP contribution in [0.1, 0.15) is 44.7 Å². The Morgan fingerprint density at radius 3 is 2.85 bits per heavy atom. The molecule has 1 aromatic heterocycles. The van der Waals surface area contributed by atoms with E-state index in [9.17, 15) is 9.59 Å². The van der Waals surface area contributed by atoms with Crippen molar-refractivity contribution in [2.45, 2.75) is 45.6 Å². The van der Waals surface area contributed by atoms with Gasteiger partial charge in [-0.25, -0.2) is 0 Å². The number of likely N-dealkylation sites (tertiary alicyclic amines) is 1. The summed E-state index contributed by atoms with van der Waals surface area (Å²) in [5.74, 6) is 0.112. The van der Waals surface area contributed by atoms with E-state index in [1.54, 1.807) is 18.5 Å². The molecule has 1 aliphatic heterocycles. The van der Waals surface area contributed by atoms with Crippen molar-refractivity contribution in [3.63, 3.8) is 0 Å². The van der Waals surface area contributed by atoms with Crippen molar-refractivity contribution in [1.29, 1.82) is 0 Å². The molecule has 2 heterocycles. The molecule has 3 rings (SSSR count). The summed E-state index contributed by atoms with van der Waals surface area (Å²) in [4.78, 5) is 25.6. The van der Waals surface area contributed by atoms with Crippen molar-refractivity contribution >= 4 is 38.7 Å². The topological polar surface area (TPSA) is 64.4 Å². The van der Waals surface area contributed by atoms with Gasteiger partial charge in [0.1, 0.15) is 6.54 Å². The number of carbonyl (C=O) groups is 2. The van der Waals surface area contributed by atoms with E-state index >= 15 is 0 Å². The number of amides is 1. The number of halogens is 1. The molecular weight excluding hydrogens is 398 g/mol. The summed E-state index contributed by atoms with van der Waals surface area (Å²) in [6.07, 6.45) is 2.82. The third-order valence-corrected chi connectivity index (χ3v) is 5.56. The van der Waals surface area contributed by atoms with Crippen molar-refractivity contribution in [2.24, 2.45) is 0 Å². The Kier molecular flexibility index (Phi) is 5.96. The fourth-order valence-corrected chi connectivity index (χ4v) is 4.19. The van der Waals surface area contributed by atoms with Crippen LogP contribution >= 0.6 is 15.9 Å². The smallest absolute Gasteiger partial charge is 0.327 e. The van der Waals surface area contributed by atoms with E-state index in [1.807, 2.05) is 23.1 Å². The second-order valence-corrected chi connectivity index (χ2v) is 7.47. The molecule has 0 aliphatic carbocycles. The number of fused-ring (bicyclic) bond motifs is 1. The second kappa shape index (κ2) is 8.20. The molecule has 1 saturated heterocycles. The average Bonchev–Trinajstić information content (AvgIpc) is 2.79. The molecule has 1 amide bonds. The number of rotatable bonds is 4. The Balaban J connectivity index is 1.95. The highest BCUT2D eigenvalue weighted by Crippen LogP contribution is 2.36. The van der Waals surface area contributed by atoms with Gasteiger partial charge >= 0.3 is 5.97 Å². The van der Waals surface area contributed by atoms with Crippen LogP contribution in [-0.4, -0.2) is 46.3 Å². The van der Waals surface area contributed by atoms with Crippen LogP contribution in [0.4, 0.5) is 0 Å². The molecule has 0 spiro atoms. The molecule has 26 heavy (non-hydrogen) atoms. The predicted octanol–water partition coefficient (Wildman–Crippen LogP) is 3.48. The summed E-state index contributed by atoms with van der Waals surface area (Å²) in [6, 6.07) is 5.93. The minimum Gasteiger partial charge on any atom is -0.465 e. The van der Waals surface area contributed by atoms with Crippen LogP contribution in [0.25, 0.3) is 10.9 Å². The molecular formula is C19H24BrN3O3. The molecule has 6 nitrogen and oxygen atoms in total. The van der Waals surface area contributed by atoms with Gasteiger partial charge in [0.15, 0.2) is 0 Å². The molecule has 0 saturated carbocycles. The second-order valence-electron chi connectivity index (χ2n) is 6.62. The maximum atomic E-state index is 12.0. The van der Waals surface area contributed by atoms with Gasteiger partial charge in [-0.1, -0.05) is 22.0 Å². The number of benzene rings is 1. The molecule has 1 aliphatic rings. The zero-order valence-corrected chi connectivity index (χ0v) is 16.8. The standard InChI is InChI=1S/C19H24BrN3O3/c1-3-26-17(25)12-23-16-8-4-7-15(20)18(16)19(21-23)14-6-5-10-22(11-9-14)13(2)24/h4,7-8,14H,3,5-6,9-12H2,1-2H3. The predicted molar refractivity (Wildman–Crippen MR) is 103 cm³/mol. The first-order valence-corrected chi connectivity index (χ1v) is 9.86. The first-order valence-electron chi connectivity index (χ1n) is 9.07. The van der Waals surface area contributed by atoms with E-state index in [0.29, 0.717) is 6.61 Å². The minimum atomic E-state index is -0.285. The van der Waals surface area contributed by atoms with Crippen molar-refractivity contribution in [1.82, 2.24) is 14.7 Å². The zero-order chi connectivity index (χ0) is 18.7. The molecule has 7 heteroatoms. The lowest BCUT2D eigenvalue weighted by molar-refractivity contribution is -0.144. The highest BCUT2D eigenvalue weighted by Gasteiger charge is 2.25. The third kappa shape index (κ3) is 3.92. The lowest BCUT2D eigenvalue weighted by Crippen LogP contribution is -2.29. The minimum absolute atomic E-state index is 0.104. The molecule has 140 valence electrons. The van der Waals surface area contributed by atoms with Gasteiger partial charge in [0.25, 0.3) is 0 Å². The van der Waals surface area contributed by atoms with Crippen LogP contribution in [0.5, 0.6) is 0 Å². The molecule has 1 unspecified atom stereocenters. The van der Waals surface area contributed by atoms with Gasteiger partial charge in [-0.15, -0.1) is 0 Å². The molecule has 2 aromatic rings. The number of ether oxygens (including phenoxy) is 1. The zero-order valence-electron chi connectivity index (χ0n) is 15.2. The van der Waals surface area contributed by atoms with E-state index in [-0.39, 0.29) is 24.3 Å². The van der Waals surface area contributed by atoms with Gasteiger partial charge in [0.2, 0.25) is 5.91 Å². The number of hydrogen-bond donors (Lipinski definition) is 0. The molecule has 0 N–H and O–H groups in total. The van der Waals surface area contributed by atoms with Gasteiger partial charge in [-0.3, -0.25) is 14.3 Å². The number of carbonyl (C=O) groups excluding carboxylic acids is 2. The number of esters is 1. The monoisotopic (exact) mass is 421 g/mol. The fourth-order valence-electron chi connectivity index (χ4n) is 3.64. The maximum Gasteiger partial charge on any atom is 0.327 e. The maximum absolute atomic E-state index is 12.0. The Bertz CT molecular complexity index is 818. The Morgan fingerprint density at radius 2 is 2.12 bits per heavy atom. The molecule has 0 bridgehead atoms. The summed E-state index contributed by atoms with van der Waals surface area (Å²) >= 11 is 3.65. The van der Waals surface area contributed by atoms with Crippen molar-refractivity contribution in [2.75, 3.05) is 19.7 Å². The normalized spacial score (nSPS) is 18.0. The third-order valence-electron chi connectivity index (χ3n) is 4.90.